The van der Waals surface area contributed by atoms with E-state index in [4.69, 9.17) is 21.1 Å². The van der Waals surface area contributed by atoms with Gasteiger partial charge in [0.25, 0.3) is 0 Å². The summed E-state index contributed by atoms with van der Waals surface area (Å²) in [7, 11) is 3.26. The topological polar surface area (TPSA) is 105 Å². The number of halogens is 1. The third kappa shape index (κ3) is 7.86. The first-order chi connectivity index (χ1) is 20.0. The van der Waals surface area contributed by atoms with Crippen LogP contribution in [0.4, 0.5) is 0 Å². The molecular weight excluding hydrogens is 556 g/mol. The Morgan fingerprint density at radius 3 is 2.40 bits per heavy atom. The normalized spacial score (nSPS) is 25.6. The summed E-state index contributed by atoms with van der Waals surface area (Å²) in [5.41, 5.74) is 0.645. The van der Waals surface area contributed by atoms with Crippen LogP contribution in [0.2, 0.25) is 5.02 Å². The number of piperidine rings is 1. The number of carboxylic acid groups (broad SMARTS) is 1. The zero-order valence-electron chi connectivity index (χ0n) is 26.3. The molecular formula is C33H51ClN2O6. The van der Waals surface area contributed by atoms with Crippen molar-refractivity contribution >= 4 is 29.4 Å². The van der Waals surface area contributed by atoms with Crippen molar-refractivity contribution in [2.24, 2.45) is 29.6 Å². The molecule has 2 amide bonds. The molecule has 0 bridgehead atoms. The van der Waals surface area contributed by atoms with Crippen molar-refractivity contribution < 1.29 is 29.0 Å². The Morgan fingerprint density at radius 2 is 1.83 bits per heavy atom. The molecule has 236 valence electrons. The van der Waals surface area contributed by atoms with Gasteiger partial charge in [0.15, 0.2) is 0 Å². The number of benzene rings is 1. The SMILES string of the molecule is CCCC[C@H](C(CC(=O)N1C2C(C)C2C[C@H]1C(OC)[C@@H](C)C(=O)N[C@@H](Cc1ccccc1Cl)C(=O)O)OC)[C@@H](C)CC. The number of unbranched alkanes of at least 4 members (excludes halogenated alkanes) is 1. The van der Waals surface area contributed by atoms with Crippen LogP contribution >= 0.6 is 11.6 Å². The minimum atomic E-state index is -1.14. The van der Waals surface area contributed by atoms with Crippen LogP contribution < -0.4 is 5.32 Å². The molecule has 2 fully saturated rings. The number of hydrogen-bond donors (Lipinski definition) is 2. The fourth-order valence-electron chi connectivity index (χ4n) is 7.09. The van der Waals surface area contributed by atoms with E-state index in [0.29, 0.717) is 40.7 Å². The number of fused-ring (bicyclic) bond motifs is 1. The minimum absolute atomic E-state index is 0.0466. The smallest absolute Gasteiger partial charge is 0.326 e. The molecule has 2 N–H and O–H groups in total. The number of carboxylic acids is 1. The molecule has 1 aromatic rings. The monoisotopic (exact) mass is 606 g/mol. The van der Waals surface area contributed by atoms with Gasteiger partial charge in [-0.15, -0.1) is 0 Å². The molecule has 0 radical (unpaired) electrons. The summed E-state index contributed by atoms with van der Waals surface area (Å²) in [5, 5.41) is 13.0. The lowest BCUT2D eigenvalue weighted by Crippen LogP contribution is -2.54. The fourth-order valence-corrected chi connectivity index (χ4v) is 7.30. The van der Waals surface area contributed by atoms with E-state index in [0.717, 1.165) is 32.1 Å². The molecule has 1 aliphatic carbocycles. The first-order valence-electron chi connectivity index (χ1n) is 15.6. The van der Waals surface area contributed by atoms with E-state index in [2.05, 4.69) is 33.0 Å². The van der Waals surface area contributed by atoms with Crippen molar-refractivity contribution in [2.75, 3.05) is 14.2 Å². The molecule has 10 atom stereocenters. The Morgan fingerprint density at radius 1 is 1.14 bits per heavy atom. The molecule has 0 spiro atoms. The maximum atomic E-state index is 14.0. The standard InChI is InChI=1S/C33H51ClN2O6/c1-8-10-14-23(19(3)9-2)28(41-6)18-29(37)36-27(17-24-20(4)30(24)36)31(42-7)21(5)32(38)35-26(33(39)40)16-22-13-11-12-15-25(22)34/h11-13,15,19-21,23-24,26-28,30-31H,8-10,14,16-18H2,1-7H3,(H,35,38)(H,39,40)/t19-,20?,21+,23-,24?,26-,27-,28?,30?,31?/m0/s1. The predicted octanol–water partition coefficient (Wildman–Crippen LogP) is 5.60. The maximum Gasteiger partial charge on any atom is 0.326 e. The second-order valence-corrected chi connectivity index (χ2v) is 12.9. The van der Waals surface area contributed by atoms with Crippen molar-refractivity contribution in [3.8, 4) is 0 Å². The number of nitrogens with zero attached hydrogens (tertiary/aromatic N) is 1. The summed E-state index contributed by atoms with van der Waals surface area (Å²) >= 11 is 6.25. The fraction of sp³-hybridized carbons (Fsp3) is 0.727. The molecule has 2 aliphatic rings. The van der Waals surface area contributed by atoms with Gasteiger partial charge in [-0.2, -0.15) is 0 Å². The zero-order chi connectivity index (χ0) is 31.1. The average Bonchev–Trinajstić information content (AvgIpc) is 3.40. The number of aliphatic carboxylic acids is 1. The predicted molar refractivity (Wildman–Crippen MR) is 164 cm³/mol. The Bertz CT molecular complexity index is 1070. The molecule has 1 aromatic carbocycles. The first kappa shape index (κ1) is 34.3. The van der Waals surface area contributed by atoms with E-state index in [1.807, 2.05) is 4.90 Å². The van der Waals surface area contributed by atoms with Crippen molar-refractivity contribution in [2.45, 2.75) is 110 Å². The van der Waals surface area contributed by atoms with Crippen molar-refractivity contribution in [3.63, 3.8) is 0 Å². The summed E-state index contributed by atoms with van der Waals surface area (Å²) in [4.78, 5) is 41.5. The molecule has 9 heteroatoms. The lowest BCUT2D eigenvalue weighted by molar-refractivity contribution is -0.146. The van der Waals surface area contributed by atoms with Gasteiger partial charge < -0.3 is 24.8 Å². The number of ether oxygens (including phenoxy) is 2. The van der Waals surface area contributed by atoms with Crippen LogP contribution in [-0.2, 0) is 30.3 Å². The van der Waals surface area contributed by atoms with Crippen LogP contribution in [0, 0.1) is 29.6 Å². The summed E-state index contributed by atoms with van der Waals surface area (Å²) in [5.74, 6) is -0.658. The van der Waals surface area contributed by atoms with E-state index in [-0.39, 0.29) is 30.5 Å². The summed E-state index contributed by atoms with van der Waals surface area (Å²) in [6, 6.07) is 5.73. The number of rotatable bonds is 17. The Labute approximate surface area is 256 Å². The highest BCUT2D eigenvalue weighted by Gasteiger charge is 2.62. The van der Waals surface area contributed by atoms with Crippen molar-refractivity contribution in [1.82, 2.24) is 10.2 Å². The van der Waals surface area contributed by atoms with Crippen LogP contribution in [0.5, 0.6) is 0 Å². The number of hydrogen-bond acceptors (Lipinski definition) is 5. The molecule has 1 saturated carbocycles. The second kappa shape index (κ2) is 15.5. The van der Waals surface area contributed by atoms with Crippen LogP contribution in [0.3, 0.4) is 0 Å². The third-order valence-electron chi connectivity index (χ3n) is 9.97. The van der Waals surface area contributed by atoms with Crippen LogP contribution in [-0.4, -0.2) is 72.3 Å². The van der Waals surface area contributed by atoms with Crippen molar-refractivity contribution in [1.29, 1.82) is 0 Å². The molecule has 1 heterocycles. The molecule has 3 rings (SSSR count). The Balaban J connectivity index is 1.76. The van der Waals surface area contributed by atoms with Crippen LogP contribution in [0.1, 0.15) is 78.7 Å². The lowest BCUT2D eigenvalue weighted by atomic mass is 9.81. The van der Waals surface area contributed by atoms with Gasteiger partial charge in [0, 0.05) is 31.7 Å². The van der Waals surface area contributed by atoms with Gasteiger partial charge in [-0.25, -0.2) is 4.79 Å². The highest BCUT2D eigenvalue weighted by molar-refractivity contribution is 6.31. The molecule has 0 aromatic heterocycles. The van der Waals surface area contributed by atoms with Gasteiger partial charge in [0.05, 0.1) is 30.6 Å². The van der Waals surface area contributed by atoms with E-state index in [9.17, 15) is 19.5 Å². The van der Waals surface area contributed by atoms with E-state index < -0.39 is 29.9 Å². The summed E-state index contributed by atoms with van der Waals surface area (Å²) in [6.45, 7) is 10.5. The minimum Gasteiger partial charge on any atom is -0.480 e. The lowest BCUT2D eigenvalue weighted by Gasteiger charge is -2.38. The number of carbonyl (C=O) groups excluding carboxylic acids is 2. The largest absolute Gasteiger partial charge is 0.480 e. The average molecular weight is 607 g/mol. The Hall–Kier alpha value is -2.16. The number of likely N-dealkylation sites (tertiary alicyclic amines) is 1. The third-order valence-corrected chi connectivity index (χ3v) is 10.3. The summed E-state index contributed by atoms with van der Waals surface area (Å²) in [6.07, 6.45) is 4.64. The molecule has 1 saturated heterocycles. The zero-order valence-corrected chi connectivity index (χ0v) is 27.1. The molecule has 8 nitrogen and oxygen atoms in total. The van der Waals surface area contributed by atoms with Crippen LogP contribution in [0.15, 0.2) is 24.3 Å². The number of nitrogens with one attached hydrogen (secondary N) is 1. The highest BCUT2D eigenvalue weighted by atomic mass is 35.5. The Kier molecular flexibility index (Phi) is 12.7. The number of amides is 2. The molecule has 1 aliphatic heterocycles. The number of carbonyl (C=O) groups is 3. The van der Waals surface area contributed by atoms with E-state index >= 15 is 0 Å². The molecule has 5 unspecified atom stereocenters. The highest BCUT2D eigenvalue weighted by Crippen LogP contribution is 2.54. The first-order valence-corrected chi connectivity index (χ1v) is 16.0. The van der Waals surface area contributed by atoms with Gasteiger partial charge in [-0.1, -0.05) is 83.7 Å². The van der Waals surface area contributed by atoms with Gasteiger partial charge in [-0.05, 0) is 48.1 Å². The van der Waals surface area contributed by atoms with Gasteiger partial charge in [0.1, 0.15) is 6.04 Å². The van der Waals surface area contributed by atoms with E-state index in [1.54, 1.807) is 45.4 Å². The second-order valence-electron chi connectivity index (χ2n) is 12.5. The molecule has 42 heavy (non-hydrogen) atoms. The maximum absolute atomic E-state index is 14.0. The quantitative estimate of drug-likeness (QED) is 0.239. The van der Waals surface area contributed by atoms with Gasteiger partial charge in [-0.3, -0.25) is 9.59 Å². The summed E-state index contributed by atoms with van der Waals surface area (Å²) < 4.78 is 11.9. The van der Waals surface area contributed by atoms with E-state index in [1.165, 1.54) is 0 Å². The van der Waals surface area contributed by atoms with Crippen molar-refractivity contribution in [3.05, 3.63) is 34.9 Å². The van der Waals surface area contributed by atoms with Crippen LogP contribution in [0.25, 0.3) is 0 Å². The number of methoxy groups -OCH3 is 2. The van der Waals surface area contributed by atoms with Gasteiger partial charge >= 0.3 is 5.97 Å². The van der Waals surface area contributed by atoms with Gasteiger partial charge in [0.2, 0.25) is 11.8 Å².